The number of ether oxygens (including phenoxy) is 1. The minimum Gasteiger partial charge on any atom is -0.497 e. The number of carbonyl (C=O) groups excluding carboxylic acids is 1. The number of amides is 1. The lowest BCUT2D eigenvalue weighted by Crippen LogP contribution is -2.49. The first kappa shape index (κ1) is 26.6. The predicted molar refractivity (Wildman–Crippen MR) is 150 cm³/mol. The Balaban J connectivity index is 1.42. The Morgan fingerprint density at radius 2 is 1.72 bits per heavy atom. The highest BCUT2D eigenvalue weighted by Crippen LogP contribution is 2.32. The van der Waals surface area contributed by atoms with Crippen molar-refractivity contribution in [3.8, 4) is 11.4 Å². The maximum Gasteiger partial charge on any atom is 0.227 e. The first-order valence-electron chi connectivity index (χ1n) is 13.6. The molecule has 4 aromatic rings. The van der Waals surface area contributed by atoms with Crippen LogP contribution in [0.4, 0.5) is 10.2 Å². The summed E-state index contributed by atoms with van der Waals surface area (Å²) in [5.74, 6) is 2.42. The molecule has 0 bridgehead atoms. The summed E-state index contributed by atoms with van der Waals surface area (Å²) in [6.45, 7) is 8.84. The van der Waals surface area contributed by atoms with Crippen LogP contribution in [0.2, 0.25) is 0 Å². The van der Waals surface area contributed by atoms with Gasteiger partial charge in [0.15, 0.2) is 5.65 Å². The number of halogens is 1. The van der Waals surface area contributed by atoms with Crippen LogP contribution in [0.1, 0.15) is 49.7 Å². The number of aryl methyl sites for hydroxylation is 1. The second-order valence-corrected chi connectivity index (χ2v) is 10.2. The van der Waals surface area contributed by atoms with Gasteiger partial charge in [-0.3, -0.25) is 4.79 Å². The molecule has 2 aromatic heterocycles. The Morgan fingerprint density at radius 1 is 1.03 bits per heavy atom. The van der Waals surface area contributed by atoms with Gasteiger partial charge in [0.05, 0.1) is 30.3 Å². The van der Waals surface area contributed by atoms with Crippen LogP contribution < -0.4 is 9.64 Å². The first-order valence-corrected chi connectivity index (χ1v) is 13.6. The average molecular weight is 531 g/mol. The molecule has 9 heteroatoms. The molecule has 8 nitrogen and oxygen atoms in total. The number of nitrogens with zero attached hydrogens (tertiary/aromatic N) is 6. The minimum atomic E-state index is -0.293. The van der Waals surface area contributed by atoms with Crippen LogP contribution in [0.15, 0.2) is 48.5 Å². The van der Waals surface area contributed by atoms with Crippen LogP contribution in [0.3, 0.4) is 0 Å². The van der Waals surface area contributed by atoms with Crippen molar-refractivity contribution in [1.82, 2.24) is 24.6 Å². The summed E-state index contributed by atoms with van der Waals surface area (Å²) in [6, 6.07) is 13.9. The fourth-order valence-corrected chi connectivity index (χ4v) is 5.15. The topological polar surface area (TPSA) is 76.4 Å². The number of carbonyl (C=O) groups is 1. The van der Waals surface area contributed by atoms with Crippen LogP contribution in [-0.4, -0.2) is 63.8 Å². The summed E-state index contributed by atoms with van der Waals surface area (Å²) in [7, 11) is 1.63. The molecule has 1 unspecified atom stereocenters. The van der Waals surface area contributed by atoms with Crippen LogP contribution in [0.5, 0.6) is 5.75 Å². The zero-order chi connectivity index (χ0) is 27.5. The molecule has 39 heavy (non-hydrogen) atoms. The Labute approximate surface area is 228 Å². The lowest BCUT2D eigenvalue weighted by atomic mass is 10.1. The number of aromatic nitrogens is 4. The summed E-state index contributed by atoms with van der Waals surface area (Å²) in [6.07, 6.45) is 2.37. The molecule has 1 amide bonds. The highest BCUT2D eigenvalue weighted by molar-refractivity contribution is 5.91. The fourth-order valence-electron chi connectivity index (χ4n) is 5.15. The number of hydrogen-bond donors (Lipinski definition) is 0. The van der Waals surface area contributed by atoms with Gasteiger partial charge in [0.25, 0.3) is 0 Å². The van der Waals surface area contributed by atoms with Crippen molar-refractivity contribution >= 4 is 22.8 Å². The highest BCUT2D eigenvalue weighted by atomic mass is 19.1. The molecule has 1 aliphatic heterocycles. The Kier molecular flexibility index (Phi) is 7.77. The molecule has 0 N–H and O–H groups in total. The zero-order valence-corrected chi connectivity index (χ0v) is 23.0. The van der Waals surface area contributed by atoms with E-state index in [1.165, 1.54) is 12.1 Å². The van der Waals surface area contributed by atoms with Crippen molar-refractivity contribution in [1.29, 1.82) is 0 Å². The minimum absolute atomic E-state index is 0.116. The van der Waals surface area contributed by atoms with Gasteiger partial charge in [-0.1, -0.05) is 32.4 Å². The third-order valence-corrected chi connectivity index (χ3v) is 7.38. The lowest BCUT2D eigenvalue weighted by Gasteiger charge is -2.36. The Morgan fingerprint density at radius 3 is 2.36 bits per heavy atom. The van der Waals surface area contributed by atoms with Crippen molar-refractivity contribution in [3.05, 3.63) is 71.4 Å². The van der Waals surface area contributed by atoms with E-state index in [1.807, 2.05) is 36.1 Å². The van der Waals surface area contributed by atoms with Crippen molar-refractivity contribution in [3.63, 3.8) is 0 Å². The molecule has 1 aliphatic rings. The van der Waals surface area contributed by atoms with Crippen LogP contribution in [-0.2, 0) is 11.2 Å². The molecular weight excluding hydrogens is 495 g/mol. The number of rotatable bonds is 8. The molecule has 3 heterocycles. The molecule has 5 rings (SSSR count). The van der Waals surface area contributed by atoms with Gasteiger partial charge >= 0.3 is 0 Å². The molecule has 0 spiro atoms. The summed E-state index contributed by atoms with van der Waals surface area (Å²) < 4.78 is 20.6. The van der Waals surface area contributed by atoms with Gasteiger partial charge < -0.3 is 14.5 Å². The summed E-state index contributed by atoms with van der Waals surface area (Å²) in [5, 5.41) is 5.68. The van der Waals surface area contributed by atoms with E-state index in [9.17, 15) is 9.18 Å². The molecule has 2 aromatic carbocycles. The molecule has 1 fully saturated rings. The SMILES string of the molecule is CCCC(C)c1nc(N2CCN(C(=O)Cc3ccc(OC)cc3)CC2)c2c(C)nn(-c3ccc(F)cc3)c2n1. The van der Waals surface area contributed by atoms with Gasteiger partial charge in [-0.2, -0.15) is 5.10 Å². The summed E-state index contributed by atoms with van der Waals surface area (Å²) in [5.41, 5.74) is 3.26. The van der Waals surface area contributed by atoms with E-state index in [2.05, 4.69) is 18.7 Å². The van der Waals surface area contributed by atoms with E-state index in [0.29, 0.717) is 32.6 Å². The van der Waals surface area contributed by atoms with Crippen LogP contribution in [0, 0.1) is 12.7 Å². The Bertz CT molecular complexity index is 1440. The zero-order valence-electron chi connectivity index (χ0n) is 23.0. The maximum atomic E-state index is 13.6. The summed E-state index contributed by atoms with van der Waals surface area (Å²) >= 11 is 0. The Hall–Kier alpha value is -4.01. The van der Waals surface area contributed by atoms with Gasteiger partial charge in [-0.15, -0.1) is 0 Å². The molecule has 0 radical (unpaired) electrons. The van der Waals surface area contributed by atoms with Crippen molar-refractivity contribution in [2.75, 3.05) is 38.2 Å². The van der Waals surface area contributed by atoms with E-state index in [0.717, 1.165) is 58.2 Å². The van der Waals surface area contributed by atoms with Crippen molar-refractivity contribution in [2.45, 2.75) is 46.0 Å². The largest absolute Gasteiger partial charge is 0.497 e. The van der Waals surface area contributed by atoms with E-state index in [1.54, 1.807) is 23.9 Å². The molecule has 0 aliphatic carbocycles. The predicted octanol–water partition coefficient (Wildman–Crippen LogP) is 5.07. The van der Waals surface area contributed by atoms with Crippen molar-refractivity contribution in [2.24, 2.45) is 0 Å². The number of piperazine rings is 1. The third kappa shape index (κ3) is 5.57. The van der Waals surface area contributed by atoms with Gasteiger partial charge in [0, 0.05) is 32.1 Å². The number of hydrogen-bond acceptors (Lipinski definition) is 6. The molecule has 1 saturated heterocycles. The van der Waals surface area contributed by atoms with Gasteiger partial charge in [-0.25, -0.2) is 19.0 Å². The monoisotopic (exact) mass is 530 g/mol. The van der Waals surface area contributed by atoms with E-state index in [4.69, 9.17) is 19.8 Å². The molecule has 1 atom stereocenters. The lowest BCUT2D eigenvalue weighted by molar-refractivity contribution is -0.130. The number of benzene rings is 2. The summed E-state index contributed by atoms with van der Waals surface area (Å²) in [4.78, 5) is 27.2. The van der Waals surface area contributed by atoms with E-state index >= 15 is 0 Å². The maximum absolute atomic E-state index is 13.6. The number of anilines is 1. The second kappa shape index (κ2) is 11.4. The number of fused-ring (bicyclic) bond motifs is 1. The standard InChI is InChI=1S/C30H35FN6O2/c1-5-6-20(2)28-32-29(27-21(3)34-37(30(27)33-28)24-11-9-23(31)10-12-24)36-17-15-35(16-18-36)26(38)19-22-7-13-25(39-4)14-8-22/h7-14,20H,5-6,15-19H2,1-4H3. The molecule has 0 saturated carbocycles. The van der Waals surface area contributed by atoms with E-state index in [-0.39, 0.29) is 17.6 Å². The highest BCUT2D eigenvalue weighted by Gasteiger charge is 2.27. The molecular formula is C30H35FN6O2. The third-order valence-electron chi connectivity index (χ3n) is 7.38. The number of methoxy groups -OCH3 is 1. The van der Waals surface area contributed by atoms with Gasteiger partial charge in [0.2, 0.25) is 5.91 Å². The normalized spacial score (nSPS) is 14.6. The van der Waals surface area contributed by atoms with E-state index < -0.39 is 0 Å². The average Bonchev–Trinajstić information content (AvgIpc) is 3.29. The quantitative estimate of drug-likeness (QED) is 0.317. The van der Waals surface area contributed by atoms with Gasteiger partial charge in [-0.05, 0) is 55.3 Å². The molecule has 204 valence electrons. The smallest absolute Gasteiger partial charge is 0.227 e. The van der Waals surface area contributed by atoms with Gasteiger partial charge in [0.1, 0.15) is 23.2 Å². The van der Waals surface area contributed by atoms with Crippen LogP contribution >= 0.6 is 0 Å². The van der Waals surface area contributed by atoms with Crippen molar-refractivity contribution < 1.29 is 13.9 Å². The van der Waals surface area contributed by atoms with Crippen LogP contribution in [0.25, 0.3) is 16.7 Å². The second-order valence-electron chi connectivity index (χ2n) is 10.2. The fraction of sp³-hybridized carbons (Fsp3) is 0.400. The first-order chi connectivity index (χ1) is 18.9.